The fourth-order valence-corrected chi connectivity index (χ4v) is 1.75. The van der Waals surface area contributed by atoms with Gasteiger partial charge in [-0.05, 0) is 43.8 Å². The first-order valence-electron chi connectivity index (χ1n) is 5.38. The maximum atomic E-state index is 5.84. The minimum atomic E-state index is -0.425. The maximum Gasteiger partial charge on any atom is 0.213 e. The highest BCUT2D eigenvalue weighted by atomic mass is 17.2. The largest absolute Gasteiger partial charge is 0.339 e. The predicted octanol–water partition coefficient (Wildman–Crippen LogP) is 2.59. The lowest BCUT2D eigenvalue weighted by Gasteiger charge is -2.36. The van der Waals surface area contributed by atoms with Crippen LogP contribution in [0.15, 0.2) is 24.3 Å². The van der Waals surface area contributed by atoms with E-state index in [1.165, 1.54) is 12.8 Å². The summed E-state index contributed by atoms with van der Waals surface area (Å²) < 4.78 is 5.84. The van der Waals surface area contributed by atoms with Crippen LogP contribution in [0, 0.1) is 5.92 Å². The third-order valence-electron chi connectivity index (χ3n) is 2.80. The number of hydrogen-bond acceptors (Lipinski definition) is 3. The van der Waals surface area contributed by atoms with Crippen LogP contribution < -0.4 is 0 Å². The van der Waals surface area contributed by atoms with Crippen molar-refractivity contribution in [2.24, 2.45) is 5.92 Å². The average molecular weight is 210 g/mol. The van der Waals surface area contributed by atoms with E-state index in [4.69, 9.17) is 14.5 Å². The van der Waals surface area contributed by atoms with E-state index in [-0.39, 0.29) is 12.2 Å². The van der Waals surface area contributed by atoms with Crippen LogP contribution in [0.5, 0.6) is 0 Å². The Morgan fingerprint density at radius 2 is 1.73 bits per heavy atom. The highest BCUT2D eigenvalue weighted by Crippen LogP contribution is 2.40. The first-order valence-corrected chi connectivity index (χ1v) is 5.38. The van der Waals surface area contributed by atoms with Gasteiger partial charge in [0, 0.05) is 0 Å². The molecule has 3 nitrogen and oxygen atoms in total. The van der Waals surface area contributed by atoms with Crippen LogP contribution in [0.2, 0.25) is 0 Å². The minimum Gasteiger partial charge on any atom is -0.339 e. The zero-order valence-electron chi connectivity index (χ0n) is 9.36. The van der Waals surface area contributed by atoms with Crippen molar-refractivity contribution >= 4 is 0 Å². The van der Waals surface area contributed by atoms with Gasteiger partial charge in [-0.15, -0.1) is 0 Å². The lowest BCUT2D eigenvalue weighted by Crippen LogP contribution is -2.44. The molecule has 1 saturated heterocycles. The van der Waals surface area contributed by atoms with Crippen LogP contribution in [0.3, 0.4) is 0 Å². The normalized spacial score (nSPS) is 36.3. The van der Waals surface area contributed by atoms with E-state index in [2.05, 4.69) is 13.2 Å². The molecule has 3 heteroatoms. The molecule has 0 amide bonds. The van der Waals surface area contributed by atoms with Crippen molar-refractivity contribution in [2.45, 2.75) is 45.2 Å². The molecule has 1 heterocycles. The van der Waals surface area contributed by atoms with E-state index in [0.717, 1.165) is 11.1 Å². The first kappa shape index (κ1) is 10.9. The van der Waals surface area contributed by atoms with E-state index in [1.807, 2.05) is 13.8 Å². The van der Waals surface area contributed by atoms with Gasteiger partial charge >= 0.3 is 0 Å². The van der Waals surface area contributed by atoms with Gasteiger partial charge in [0.1, 0.15) is 6.10 Å². The van der Waals surface area contributed by atoms with Gasteiger partial charge in [0.2, 0.25) is 6.29 Å². The fraction of sp³-hybridized carbons (Fsp3) is 0.667. The molecule has 0 aromatic rings. The minimum absolute atomic E-state index is 0.0814. The molecule has 0 N–H and O–H groups in total. The molecular formula is C12H18O3. The second-order valence-corrected chi connectivity index (χ2v) is 4.58. The highest BCUT2D eigenvalue weighted by molar-refractivity contribution is 5.07. The summed E-state index contributed by atoms with van der Waals surface area (Å²) >= 11 is 0. The average Bonchev–Trinajstić information content (AvgIpc) is 2.99. The molecule has 2 aliphatic rings. The Morgan fingerprint density at radius 1 is 1.07 bits per heavy atom. The van der Waals surface area contributed by atoms with E-state index < -0.39 is 6.29 Å². The number of ether oxygens (including phenoxy) is 1. The van der Waals surface area contributed by atoms with Gasteiger partial charge in [-0.2, -0.15) is 4.89 Å². The topological polar surface area (TPSA) is 27.7 Å². The van der Waals surface area contributed by atoms with Crippen molar-refractivity contribution in [1.29, 1.82) is 0 Å². The van der Waals surface area contributed by atoms with Crippen LogP contribution in [0.25, 0.3) is 0 Å². The summed E-state index contributed by atoms with van der Waals surface area (Å²) in [7, 11) is 0. The molecule has 1 aliphatic heterocycles. The summed E-state index contributed by atoms with van der Waals surface area (Å²) in [4.78, 5) is 10.5. The van der Waals surface area contributed by atoms with Gasteiger partial charge in [0.25, 0.3) is 0 Å². The van der Waals surface area contributed by atoms with Crippen LogP contribution >= 0.6 is 0 Å². The van der Waals surface area contributed by atoms with E-state index in [1.54, 1.807) is 0 Å². The Bertz CT molecular complexity index is 281. The Labute approximate surface area is 90.6 Å². The molecule has 1 aliphatic carbocycles. The molecule has 3 atom stereocenters. The number of hydrogen-bond donors (Lipinski definition) is 0. The van der Waals surface area contributed by atoms with Crippen molar-refractivity contribution in [2.75, 3.05) is 0 Å². The lowest BCUT2D eigenvalue weighted by molar-refractivity contribution is -0.443. The quantitative estimate of drug-likeness (QED) is 0.529. The van der Waals surface area contributed by atoms with Crippen LogP contribution in [0.4, 0.5) is 0 Å². The van der Waals surface area contributed by atoms with Gasteiger partial charge in [-0.1, -0.05) is 13.2 Å². The van der Waals surface area contributed by atoms with Crippen molar-refractivity contribution in [1.82, 2.24) is 0 Å². The Balaban J connectivity index is 2.05. The Kier molecular flexibility index (Phi) is 2.96. The molecule has 0 radical (unpaired) electrons. The Morgan fingerprint density at radius 3 is 2.20 bits per heavy atom. The summed E-state index contributed by atoms with van der Waals surface area (Å²) in [6.45, 7) is 11.5. The molecule has 0 unspecified atom stereocenters. The SMILES string of the molecule is C=C(C)[C@H]1OO[C@H](C(=C)C)[C@@H](C2CC2)O1. The summed E-state index contributed by atoms with van der Waals surface area (Å²) in [5.41, 5.74) is 1.79. The summed E-state index contributed by atoms with van der Waals surface area (Å²) in [5, 5.41) is 0. The van der Waals surface area contributed by atoms with Gasteiger partial charge in [-0.25, -0.2) is 4.89 Å². The fourth-order valence-electron chi connectivity index (χ4n) is 1.75. The van der Waals surface area contributed by atoms with Gasteiger partial charge in [-0.3, -0.25) is 0 Å². The molecule has 84 valence electrons. The first-order chi connectivity index (χ1) is 7.09. The smallest absolute Gasteiger partial charge is 0.213 e. The molecule has 0 aromatic carbocycles. The predicted molar refractivity (Wildman–Crippen MR) is 57.0 cm³/mol. The van der Waals surface area contributed by atoms with Crippen LogP contribution in [-0.2, 0) is 14.5 Å². The molecule has 2 rings (SSSR count). The summed E-state index contributed by atoms with van der Waals surface area (Å²) in [5.74, 6) is 0.595. The van der Waals surface area contributed by atoms with Crippen LogP contribution in [0.1, 0.15) is 26.7 Å². The molecule has 0 aromatic heterocycles. The zero-order valence-corrected chi connectivity index (χ0v) is 9.36. The third kappa shape index (κ3) is 2.30. The van der Waals surface area contributed by atoms with Gasteiger partial charge in [0.15, 0.2) is 0 Å². The molecule has 0 spiro atoms. The maximum absolute atomic E-state index is 5.84. The standard InChI is InChI=1S/C12H18O3/c1-7(2)10-11(9-5-6-9)13-12(8(3)4)15-14-10/h9-12H,1,3,5-6H2,2,4H3/t10-,11-,12-/m1/s1. The van der Waals surface area contributed by atoms with E-state index in [9.17, 15) is 0 Å². The van der Waals surface area contributed by atoms with Gasteiger partial charge in [0.05, 0.1) is 6.10 Å². The van der Waals surface area contributed by atoms with Gasteiger partial charge < -0.3 is 4.74 Å². The van der Waals surface area contributed by atoms with Crippen molar-refractivity contribution in [3.63, 3.8) is 0 Å². The second-order valence-electron chi connectivity index (χ2n) is 4.58. The van der Waals surface area contributed by atoms with E-state index in [0.29, 0.717) is 5.92 Å². The lowest BCUT2D eigenvalue weighted by atomic mass is 10.0. The second kappa shape index (κ2) is 4.08. The molecule has 1 saturated carbocycles. The number of rotatable bonds is 3. The Hall–Kier alpha value is -0.640. The van der Waals surface area contributed by atoms with E-state index >= 15 is 0 Å². The summed E-state index contributed by atoms with van der Waals surface area (Å²) in [6.07, 6.45) is 1.94. The molecular weight excluding hydrogens is 192 g/mol. The monoisotopic (exact) mass is 210 g/mol. The summed E-state index contributed by atoms with van der Waals surface area (Å²) in [6, 6.07) is 0. The molecule has 0 bridgehead atoms. The molecule has 15 heavy (non-hydrogen) atoms. The van der Waals surface area contributed by atoms with Crippen molar-refractivity contribution < 1.29 is 14.5 Å². The highest BCUT2D eigenvalue weighted by Gasteiger charge is 2.44. The third-order valence-corrected chi connectivity index (χ3v) is 2.80. The zero-order chi connectivity index (χ0) is 11.0. The van der Waals surface area contributed by atoms with Crippen molar-refractivity contribution in [3.8, 4) is 0 Å². The van der Waals surface area contributed by atoms with Crippen LogP contribution in [-0.4, -0.2) is 18.5 Å². The molecule has 2 fully saturated rings. The van der Waals surface area contributed by atoms with Crippen molar-refractivity contribution in [3.05, 3.63) is 24.3 Å².